The summed E-state index contributed by atoms with van der Waals surface area (Å²) in [5, 5.41) is 4.36. The molecule has 0 saturated carbocycles. The topological polar surface area (TPSA) is 49.4 Å². The first-order valence-corrected chi connectivity index (χ1v) is 7.92. The molecule has 1 N–H and O–H groups in total. The number of rotatable bonds is 3. The van der Waals surface area contributed by atoms with Gasteiger partial charge in [-0.25, -0.2) is 4.90 Å². The van der Waals surface area contributed by atoms with Crippen molar-refractivity contribution in [2.24, 2.45) is 0 Å². The number of anilines is 2. The van der Waals surface area contributed by atoms with Crippen LogP contribution < -0.4 is 10.2 Å². The predicted molar refractivity (Wildman–Crippen MR) is 92.4 cm³/mol. The van der Waals surface area contributed by atoms with Crippen molar-refractivity contribution in [3.63, 3.8) is 0 Å². The zero-order valence-corrected chi connectivity index (χ0v) is 14.0. The van der Waals surface area contributed by atoms with E-state index in [0.29, 0.717) is 26.4 Å². The second kappa shape index (κ2) is 6.40. The molecule has 1 fully saturated rings. The van der Waals surface area contributed by atoms with Crippen LogP contribution in [0.4, 0.5) is 11.4 Å². The van der Waals surface area contributed by atoms with Crippen molar-refractivity contribution in [3.05, 3.63) is 57.5 Å². The number of carbonyl (C=O) groups is 2. The third kappa shape index (κ3) is 3.44. The normalized spacial score (nSPS) is 17.7. The maximum atomic E-state index is 12.5. The van der Waals surface area contributed by atoms with Gasteiger partial charge in [0.2, 0.25) is 5.91 Å². The van der Waals surface area contributed by atoms with Gasteiger partial charge in [-0.15, -0.1) is 0 Å². The number of hydrogen-bond donors (Lipinski definition) is 1. The van der Waals surface area contributed by atoms with Gasteiger partial charge in [-0.3, -0.25) is 9.59 Å². The molecule has 2 aromatic rings. The van der Waals surface area contributed by atoms with Gasteiger partial charge in [-0.05, 0) is 42.5 Å². The van der Waals surface area contributed by atoms with Crippen LogP contribution in [0.1, 0.15) is 6.42 Å². The Hall–Kier alpha value is -1.75. The standard InChI is InChI=1S/C16H11Cl3N2O2/c17-9-1-3-12(4-2-9)20-14-8-15(22)21(16(14)23)13-6-10(18)5-11(19)7-13/h1-7,14,20H,8H2/t14-/m1/s1. The first kappa shape index (κ1) is 16.1. The number of nitrogens with one attached hydrogen (secondary N) is 1. The molecule has 4 nitrogen and oxygen atoms in total. The second-order valence-electron chi connectivity index (χ2n) is 5.10. The fourth-order valence-electron chi connectivity index (χ4n) is 2.43. The van der Waals surface area contributed by atoms with Crippen LogP contribution in [0.25, 0.3) is 0 Å². The number of amides is 2. The van der Waals surface area contributed by atoms with Gasteiger partial charge >= 0.3 is 0 Å². The molecular formula is C16H11Cl3N2O2. The lowest BCUT2D eigenvalue weighted by Gasteiger charge is -2.16. The number of nitrogens with zero attached hydrogens (tertiary/aromatic N) is 1. The van der Waals surface area contributed by atoms with Gasteiger partial charge in [0.15, 0.2) is 0 Å². The SMILES string of the molecule is O=C1C[C@@H](Nc2ccc(Cl)cc2)C(=O)N1c1cc(Cl)cc(Cl)c1. The number of carbonyl (C=O) groups excluding carboxylic acids is 2. The first-order chi connectivity index (χ1) is 10.9. The van der Waals surface area contributed by atoms with Crippen LogP contribution in [-0.4, -0.2) is 17.9 Å². The summed E-state index contributed by atoms with van der Waals surface area (Å²) in [4.78, 5) is 25.9. The summed E-state index contributed by atoms with van der Waals surface area (Å²) in [6, 6.07) is 10.9. The summed E-state index contributed by atoms with van der Waals surface area (Å²) in [5.74, 6) is -0.650. The molecule has 1 atom stereocenters. The Bertz CT molecular complexity index is 757. The molecule has 23 heavy (non-hydrogen) atoms. The summed E-state index contributed by atoms with van der Waals surface area (Å²) < 4.78 is 0. The van der Waals surface area contributed by atoms with Crippen LogP contribution in [0.15, 0.2) is 42.5 Å². The molecular weight excluding hydrogens is 359 g/mol. The fraction of sp³-hybridized carbons (Fsp3) is 0.125. The van der Waals surface area contributed by atoms with E-state index in [2.05, 4.69) is 5.32 Å². The molecule has 3 rings (SSSR count). The lowest BCUT2D eigenvalue weighted by atomic mass is 10.2. The predicted octanol–water partition coefficient (Wildman–Crippen LogP) is 4.39. The number of benzene rings is 2. The average molecular weight is 370 g/mol. The molecule has 0 unspecified atom stereocenters. The fourth-order valence-corrected chi connectivity index (χ4v) is 3.07. The summed E-state index contributed by atoms with van der Waals surface area (Å²) in [7, 11) is 0. The third-order valence-electron chi connectivity index (χ3n) is 3.44. The van der Waals surface area contributed by atoms with Gasteiger partial charge < -0.3 is 5.32 Å². The molecule has 0 bridgehead atoms. The molecule has 0 aromatic heterocycles. The number of imide groups is 1. The van der Waals surface area contributed by atoms with E-state index in [9.17, 15) is 9.59 Å². The molecule has 0 aliphatic carbocycles. The van der Waals surface area contributed by atoms with E-state index in [1.807, 2.05) is 0 Å². The van der Waals surface area contributed by atoms with Crippen LogP contribution >= 0.6 is 34.8 Å². The molecule has 1 aliphatic rings. The van der Waals surface area contributed by atoms with E-state index in [1.54, 1.807) is 30.3 Å². The van der Waals surface area contributed by atoms with Crippen molar-refractivity contribution >= 4 is 58.0 Å². The van der Waals surface area contributed by atoms with Crippen molar-refractivity contribution in [3.8, 4) is 0 Å². The van der Waals surface area contributed by atoms with Gasteiger partial charge in [-0.2, -0.15) is 0 Å². The monoisotopic (exact) mass is 368 g/mol. The first-order valence-electron chi connectivity index (χ1n) is 6.79. The Labute approximate surface area is 147 Å². The third-order valence-corrected chi connectivity index (χ3v) is 4.13. The van der Waals surface area contributed by atoms with E-state index >= 15 is 0 Å². The Morgan fingerprint density at radius 2 is 1.52 bits per heavy atom. The molecule has 2 aromatic carbocycles. The largest absolute Gasteiger partial charge is 0.373 e. The van der Waals surface area contributed by atoms with Gasteiger partial charge in [-0.1, -0.05) is 34.8 Å². The second-order valence-corrected chi connectivity index (χ2v) is 6.41. The number of halogens is 3. The van der Waals surface area contributed by atoms with Crippen molar-refractivity contribution < 1.29 is 9.59 Å². The van der Waals surface area contributed by atoms with Crippen molar-refractivity contribution in [1.29, 1.82) is 0 Å². The Morgan fingerprint density at radius 3 is 2.13 bits per heavy atom. The van der Waals surface area contributed by atoms with Gasteiger partial charge in [0.25, 0.3) is 5.91 Å². The molecule has 1 saturated heterocycles. The molecule has 0 radical (unpaired) electrons. The average Bonchev–Trinajstić information content (AvgIpc) is 2.75. The quantitative estimate of drug-likeness (QED) is 0.816. The molecule has 2 amide bonds. The van der Waals surface area contributed by atoms with Crippen molar-refractivity contribution in [1.82, 2.24) is 0 Å². The highest BCUT2D eigenvalue weighted by molar-refractivity contribution is 6.35. The highest BCUT2D eigenvalue weighted by Gasteiger charge is 2.39. The van der Waals surface area contributed by atoms with Crippen molar-refractivity contribution in [2.45, 2.75) is 12.5 Å². The van der Waals surface area contributed by atoms with Crippen LogP contribution in [0, 0.1) is 0 Å². The molecule has 0 spiro atoms. The van der Waals surface area contributed by atoms with E-state index in [-0.39, 0.29) is 18.2 Å². The lowest BCUT2D eigenvalue weighted by Crippen LogP contribution is -2.34. The smallest absolute Gasteiger partial charge is 0.256 e. The summed E-state index contributed by atoms with van der Waals surface area (Å²) in [5.41, 5.74) is 1.09. The van der Waals surface area contributed by atoms with E-state index < -0.39 is 6.04 Å². The summed E-state index contributed by atoms with van der Waals surface area (Å²) in [6.07, 6.45) is 0.0611. The van der Waals surface area contributed by atoms with Crippen molar-refractivity contribution in [2.75, 3.05) is 10.2 Å². The van der Waals surface area contributed by atoms with E-state index in [1.165, 1.54) is 12.1 Å². The minimum Gasteiger partial charge on any atom is -0.373 e. The minimum atomic E-state index is -0.638. The highest BCUT2D eigenvalue weighted by Crippen LogP contribution is 2.30. The molecule has 118 valence electrons. The van der Waals surface area contributed by atoms with Gasteiger partial charge in [0, 0.05) is 20.8 Å². The zero-order chi connectivity index (χ0) is 16.6. The van der Waals surface area contributed by atoms with Gasteiger partial charge in [0.1, 0.15) is 6.04 Å². The molecule has 1 heterocycles. The van der Waals surface area contributed by atoms with Crippen LogP contribution in [-0.2, 0) is 9.59 Å². The van der Waals surface area contributed by atoms with Gasteiger partial charge in [0.05, 0.1) is 12.1 Å². The highest BCUT2D eigenvalue weighted by atomic mass is 35.5. The maximum absolute atomic E-state index is 12.5. The van der Waals surface area contributed by atoms with E-state index in [4.69, 9.17) is 34.8 Å². The molecule has 7 heteroatoms. The lowest BCUT2D eigenvalue weighted by molar-refractivity contribution is -0.121. The van der Waals surface area contributed by atoms with Crippen LogP contribution in [0.3, 0.4) is 0 Å². The maximum Gasteiger partial charge on any atom is 0.256 e. The summed E-state index contributed by atoms with van der Waals surface area (Å²) in [6.45, 7) is 0. The number of hydrogen-bond acceptors (Lipinski definition) is 3. The Kier molecular flexibility index (Phi) is 4.48. The van der Waals surface area contributed by atoms with Crippen LogP contribution in [0.2, 0.25) is 15.1 Å². The Morgan fingerprint density at radius 1 is 0.913 bits per heavy atom. The summed E-state index contributed by atoms with van der Waals surface area (Å²) >= 11 is 17.7. The minimum absolute atomic E-state index is 0.0611. The Balaban J connectivity index is 1.83. The molecule has 1 aliphatic heterocycles. The van der Waals surface area contributed by atoms with Crippen LogP contribution in [0.5, 0.6) is 0 Å². The van der Waals surface area contributed by atoms with E-state index in [0.717, 1.165) is 4.90 Å². The zero-order valence-electron chi connectivity index (χ0n) is 11.7.